The molecule has 1 saturated carbocycles. The third-order valence-electron chi connectivity index (χ3n) is 22.4. The van der Waals surface area contributed by atoms with E-state index in [1.165, 1.54) is 186 Å². The second-order valence-electron chi connectivity index (χ2n) is 30.7. The summed E-state index contributed by atoms with van der Waals surface area (Å²) in [6.07, 6.45) is -13.7. The molecule has 2 aliphatic carbocycles. The molecule has 0 spiro atoms. The van der Waals surface area contributed by atoms with E-state index in [2.05, 4.69) is 169 Å². The first kappa shape index (κ1) is 127. The van der Waals surface area contributed by atoms with Crippen molar-refractivity contribution in [3.8, 4) is 28.2 Å². The summed E-state index contributed by atoms with van der Waals surface area (Å²) in [6, 6.07) is 12.4. The highest BCUT2D eigenvalue weighted by atomic mass is 31.2. The van der Waals surface area contributed by atoms with Crippen LogP contribution in [0.15, 0.2) is 63.8 Å². The first-order valence-corrected chi connectivity index (χ1v) is 52.5. The van der Waals surface area contributed by atoms with Crippen LogP contribution in [0.3, 0.4) is 0 Å². The fourth-order valence-electron chi connectivity index (χ4n) is 13.7. The monoisotopic (exact) mass is 1910 g/mol. The van der Waals surface area contributed by atoms with Gasteiger partial charge in [-0.3, -0.25) is 37.4 Å². The Labute approximate surface area is 764 Å². The van der Waals surface area contributed by atoms with Crippen LogP contribution >= 0.6 is 31.3 Å². The highest BCUT2D eigenvalue weighted by molar-refractivity contribution is 7.46. The molecule has 128 heavy (non-hydrogen) atoms. The zero-order chi connectivity index (χ0) is 98.3. The van der Waals surface area contributed by atoms with E-state index in [0.29, 0.717) is 55.0 Å². The molecular formula is C88H169N8O28P4+3. The van der Waals surface area contributed by atoms with Crippen LogP contribution < -0.4 is 64.6 Å². The second-order valence-corrected chi connectivity index (χ2v) is 35.5. The van der Waals surface area contributed by atoms with Gasteiger partial charge in [-0.25, -0.2) is 4.79 Å². The van der Waals surface area contributed by atoms with Crippen molar-refractivity contribution in [1.29, 1.82) is 0 Å². The largest absolute Gasteiger partial charge is 0.756 e. The Morgan fingerprint density at radius 3 is 1.18 bits per heavy atom. The van der Waals surface area contributed by atoms with Gasteiger partial charge in [0, 0.05) is 53.6 Å². The number of ether oxygens (including phenoxy) is 2. The van der Waals surface area contributed by atoms with Crippen molar-refractivity contribution in [2.45, 2.75) is 272 Å². The molecule has 40 heteroatoms. The summed E-state index contributed by atoms with van der Waals surface area (Å²) in [5.41, 5.74) is 0.721. The number of phosphoric acid groups is 4. The molecule has 0 bridgehead atoms. The number of aliphatic hydroxyl groups excluding tert-OH is 2. The molecule has 2 aromatic rings. The number of fused-ring (bicyclic) bond motifs is 2. The molecular weight excluding hydrogens is 1740 g/mol. The minimum atomic E-state index is -6.14. The molecule has 746 valence electrons. The smallest absolute Gasteiger partial charge is 0.336 e. The van der Waals surface area contributed by atoms with E-state index in [-0.39, 0.29) is 65.0 Å². The van der Waals surface area contributed by atoms with Crippen molar-refractivity contribution in [3.63, 3.8) is 0 Å². The second kappa shape index (κ2) is 72.4. The Bertz CT molecular complexity index is 3600. The van der Waals surface area contributed by atoms with E-state index in [4.69, 9.17) is 18.4 Å². The van der Waals surface area contributed by atoms with Gasteiger partial charge in [0.05, 0.1) is 150 Å². The van der Waals surface area contributed by atoms with E-state index in [1.54, 1.807) is 40.4 Å². The molecule has 0 radical (unpaired) electrons. The Balaban J connectivity index is -0.00000255. The Kier molecular flexibility index (Phi) is 71.8. The number of esters is 2. The van der Waals surface area contributed by atoms with Crippen molar-refractivity contribution in [2.24, 2.45) is 0 Å². The maximum absolute atomic E-state index is 13.2. The number of carboxylic acid groups (broad SMARTS) is 1. The number of carbonyl (C=O) groups excluding carboxylic acids is 3. The average molecular weight is 1910 g/mol. The molecule has 11 atom stereocenters. The lowest BCUT2D eigenvalue weighted by molar-refractivity contribution is -0.894. The molecule has 0 aromatic heterocycles. The van der Waals surface area contributed by atoms with Gasteiger partial charge in [-0.1, -0.05) is 57.9 Å². The third-order valence-corrected chi connectivity index (χ3v) is 24.9. The molecule has 2 aromatic carbocycles. The van der Waals surface area contributed by atoms with E-state index in [9.17, 15) is 96.9 Å². The van der Waals surface area contributed by atoms with Crippen LogP contribution in [0.4, 0.5) is 0 Å². The molecule has 1 amide bonds. The van der Waals surface area contributed by atoms with E-state index in [1.807, 2.05) is 6.92 Å². The summed E-state index contributed by atoms with van der Waals surface area (Å²) in [7, 11) is -24.4. The number of unbranched alkanes of at least 4 members (excludes halogenated alkanes) is 8. The van der Waals surface area contributed by atoms with Crippen LogP contribution in [0.1, 0.15) is 250 Å². The average Bonchev–Trinajstić information content (AvgIpc) is 0.752. The highest BCUT2D eigenvalue weighted by Crippen LogP contribution is 2.51. The van der Waals surface area contributed by atoms with Gasteiger partial charge < -0.3 is 131 Å². The lowest BCUT2D eigenvalue weighted by atomic mass is 9.85. The standard InChI is InChI=1S/C46H61NO28P4.7C6H15N/c1-2-3-4-6-10-13-37(51)70-29(25-69-79(66,67)75-41-39(52)42(72-76(57,58)59)44(74-78(63,64)65)43(40(41)53)73-77(60,61)62)24-68-36(50)12-9-7-5-8-11-20-47-45(54)26-14-17-30(33(21-26)46(55)56)38-31-18-15-27(48)22-34(31)71-35-23-28(49)16-19-32(35)38;7*1-4-7(5-2)6-3/h14-19,21-23,29,39-44,48,52-53H,2-13,20,24-25H2,1H3,(H,47,54)(H,55,56)(H,66,67)(H2,57,58,59)(H2,60,61,62)(H2,63,64,65);7*4-6H2,1-3H3/p+3/t29-,39+,40+,41?,42-,43+,44?;;;;;;;/m1......./s1. The number of rotatable bonds is 52. The number of aromatic carboxylic acids is 1. The van der Waals surface area contributed by atoms with Crippen molar-refractivity contribution in [1.82, 2.24) is 5.32 Å². The number of aliphatic hydroxyl groups is 2. The van der Waals surface area contributed by atoms with Gasteiger partial charge in [-0.15, -0.1) is 0 Å². The van der Waals surface area contributed by atoms with Crippen LogP contribution in [-0.4, -0.2) is 259 Å². The minimum absolute atomic E-state index is 0.0519. The zero-order valence-corrected chi connectivity index (χ0v) is 84.8. The van der Waals surface area contributed by atoms with Crippen molar-refractivity contribution < 1.29 is 163 Å². The van der Waals surface area contributed by atoms with Crippen LogP contribution in [0.5, 0.6) is 5.75 Å². The molecule has 6 unspecified atom stereocenters. The Morgan fingerprint density at radius 1 is 0.438 bits per heavy atom. The van der Waals surface area contributed by atoms with Crippen molar-refractivity contribution >= 4 is 66.1 Å². The number of nitrogens with one attached hydrogen (secondary N) is 8. The first-order valence-electron chi connectivity index (χ1n) is 46.6. The summed E-state index contributed by atoms with van der Waals surface area (Å²) in [4.78, 5) is 151. The van der Waals surface area contributed by atoms with Crippen LogP contribution in [-0.2, 0) is 59.9 Å². The van der Waals surface area contributed by atoms with Crippen LogP contribution in [0.2, 0.25) is 0 Å². The van der Waals surface area contributed by atoms with Crippen molar-refractivity contribution in [2.75, 3.05) is 157 Å². The SMILES string of the molecule is CCCCCCCC(=O)O[C@H](COC(=O)CCCCCCCNC(=O)c1ccc(-c2c3ccc(=O)cc-3oc3cc(O)ccc23)c(C(=O)O)c1)COP(=O)([O-])OC1[C@H](O)[C@H](OP(=O)([O-])O)C(OP(=O)([O-])O)[C@H](OP(=O)([O-])O)[C@H]1O.CC[NH+](CC)CC.CC[NH+](CC)CC.CC[NH+](CC)CC.CC[NH+](CC)CC.CC[NH+](CC)CC.CC[NH+](CC)CC.CC[NH+](CC)CC. The molecule has 1 heterocycles. The van der Waals surface area contributed by atoms with Gasteiger partial charge in [-0.2, -0.15) is 0 Å². The van der Waals surface area contributed by atoms with Crippen molar-refractivity contribution in [3.05, 3.63) is 75.9 Å². The lowest BCUT2D eigenvalue weighted by Crippen LogP contribution is -3.11. The van der Waals surface area contributed by atoms with Crippen LogP contribution in [0, 0.1) is 0 Å². The summed E-state index contributed by atoms with van der Waals surface area (Å²) in [6.45, 7) is 73.6. The van der Waals surface area contributed by atoms with Crippen LogP contribution in [0.25, 0.3) is 33.4 Å². The Hall–Kier alpha value is -5.11. The maximum atomic E-state index is 13.2. The minimum Gasteiger partial charge on any atom is -0.756 e. The summed E-state index contributed by atoms with van der Waals surface area (Å²) < 4.78 is 86.1. The number of amides is 1. The highest BCUT2D eigenvalue weighted by Gasteiger charge is 2.56. The number of phosphoric ester groups is 4. The Morgan fingerprint density at radius 2 is 0.805 bits per heavy atom. The normalized spacial score (nSPS) is 17.5. The number of hydrogen-bond acceptors (Lipinski definition) is 24. The van der Waals surface area contributed by atoms with E-state index < -0.39 is 111 Å². The number of benzene rings is 3. The number of carbonyl (C=O) groups is 4. The fourth-order valence-corrected chi connectivity index (χ4v) is 16.3. The van der Waals surface area contributed by atoms with Gasteiger partial charge in [0.25, 0.3) is 37.2 Å². The van der Waals surface area contributed by atoms with E-state index >= 15 is 0 Å². The summed E-state index contributed by atoms with van der Waals surface area (Å²) in [5.74, 6) is -3.57. The quantitative estimate of drug-likeness (QED) is 0.0129. The zero-order valence-electron chi connectivity index (χ0n) is 81.2. The van der Waals surface area contributed by atoms with E-state index in [0.717, 1.165) is 19.3 Å². The summed E-state index contributed by atoms with van der Waals surface area (Å²) in [5, 5.41) is 45.1. The van der Waals surface area contributed by atoms with Gasteiger partial charge >= 0.3 is 17.9 Å². The number of phenols is 1. The van der Waals surface area contributed by atoms with Gasteiger partial charge in [0.15, 0.2) is 11.5 Å². The predicted molar refractivity (Wildman–Crippen MR) is 490 cm³/mol. The van der Waals surface area contributed by atoms with Gasteiger partial charge in [-0.05, 0) is 207 Å². The molecule has 1 aliphatic heterocycles. The number of aromatic hydroxyl groups is 1. The predicted octanol–water partition coefficient (Wildman–Crippen LogP) is 1.51. The number of quaternary nitrogens is 7. The molecule has 15 N–H and O–H groups in total. The number of carboxylic acids is 1. The van der Waals surface area contributed by atoms with Gasteiger partial charge in [0.2, 0.25) is 0 Å². The maximum Gasteiger partial charge on any atom is 0.336 e. The molecule has 0 saturated heterocycles. The lowest BCUT2D eigenvalue weighted by Gasteiger charge is -2.49. The molecule has 5 rings (SSSR count). The molecule has 36 nitrogen and oxygen atoms in total. The molecule has 1 fully saturated rings. The third kappa shape index (κ3) is 55.5. The summed E-state index contributed by atoms with van der Waals surface area (Å²) >= 11 is 0. The fraction of sp³-hybridized carbons (Fsp3) is 0.739. The topological polar surface area (TPSA) is 508 Å². The first-order chi connectivity index (χ1) is 60.4. The number of phenolic OH excluding ortho intramolecular Hbond substituents is 1. The molecule has 3 aliphatic rings. The van der Waals surface area contributed by atoms with Gasteiger partial charge in [0.1, 0.15) is 60.3 Å². The number of hydrogen-bond donors (Lipinski definition) is 15.